The van der Waals surface area contributed by atoms with E-state index in [0.29, 0.717) is 11.1 Å². The Morgan fingerprint density at radius 3 is 2.23 bits per heavy atom. The van der Waals surface area contributed by atoms with E-state index in [9.17, 15) is 9.59 Å². The Hall–Kier alpha value is -2.46. The topological polar surface area (TPSA) is 40.6 Å². The van der Waals surface area contributed by atoms with Gasteiger partial charge in [-0.2, -0.15) is 0 Å². The van der Waals surface area contributed by atoms with Gasteiger partial charge in [0.15, 0.2) is 0 Å². The van der Waals surface area contributed by atoms with E-state index in [2.05, 4.69) is 29.2 Å². The van der Waals surface area contributed by atoms with E-state index in [1.165, 1.54) is 23.1 Å². The zero-order valence-electron chi connectivity index (χ0n) is 12.4. The van der Waals surface area contributed by atoms with E-state index in [1.807, 2.05) is 12.1 Å². The van der Waals surface area contributed by atoms with Crippen molar-refractivity contribution in [2.75, 3.05) is 7.05 Å². The van der Waals surface area contributed by atoms with Crippen molar-refractivity contribution in [2.24, 2.45) is 0 Å². The van der Waals surface area contributed by atoms with E-state index in [-0.39, 0.29) is 11.8 Å². The van der Waals surface area contributed by atoms with Gasteiger partial charge in [0.25, 0.3) is 11.8 Å². The predicted molar refractivity (Wildman–Crippen MR) is 82.3 cm³/mol. The molecule has 0 unspecified atom stereocenters. The van der Waals surface area contributed by atoms with Crippen LogP contribution in [-0.2, 0) is 19.6 Å². The zero-order chi connectivity index (χ0) is 15.3. The lowest BCUT2D eigenvalue weighted by Gasteiger charge is -2.15. The van der Waals surface area contributed by atoms with Gasteiger partial charge in [0, 0.05) is 26.7 Å². The molecule has 0 radical (unpaired) electrons. The molecule has 2 aliphatic rings. The van der Waals surface area contributed by atoms with Crippen molar-refractivity contribution in [1.29, 1.82) is 0 Å². The van der Waals surface area contributed by atoms with Gasteiger partial charge in [-0.25, -0.2) is 0 Å². The van der Waals surface area contributed by atoms with Crippen molar-refractivity contribution >= 4 is 11.8 Å². The van der Waals surface area contributed by atoms with Crippen LogP contribution >= 0.6 is 0 Å². The third-order valence-corrected chi connectivity index (χ3v) is 4.47. The summed E-state index contributed by atoms with van der Waals surface area (Å²) >= 11 is 0. The van der Waals surface area contributed by atoms with Crippen LogP contribution in [0.2, 0.25) is 0 Å². The summed E-state index contributed by atoms with van der Waals surface area (Å²) in [4.78, 5) is 27.5. The Bertz CT molecular complexity index is 772. The Morgan fingerprint density at radius 2 is 1.55 bits per heavy atom. The molecule has 0 saturated carbocycles. The predicted octanol–water partition coefficient (Wildman–Crippen LogP) is 2.43. The first-order valence-electron chi connectivity index (χ1n) is 7.38. The number of amides is 2. The molecule has 4 nitrogen and oxygen atoms in total. The highest BCUT2D eigenvalue weighted by Gasteiger charge is 2.32. The number of fused-ring (bicyclic) bond motifs is 2. The average Bonchev–Trinajstić information content (AvgIpc) is 3.02. The summed E-state index contributed by atoms with van der Waals surface area (Å²) in [5.74, 6) is -0.410. The van der Waals surface area contributed by atoms with Crippen molar-refractivity contribution in [3.8, 4) is 0 Å². The number of carbonyl (C=O) groups excluding carboxylic acids is 2. The van der Waals surface area contributed by atoms with E-state index in [0.717, 1.165) is 25.2 Å². The number of imide groups is 1. The average molecular weight is 292 g/mol. The highest BCUT2D eigenvalue weighted by atomic mass is 16.2. The highest BCUT2D eigenvalue weighted by Crippen LogP contribution is 2.26. The minimum absolute atomic E-state index is 0.202. The Balaban J connectivity index is 1.57. The molecular formula is C18H16N2O2. The molecule has 0 N–H and O–H groups in total. The lowest BCUT2D eigenvalue weighted by atomic mass is 10.1. The van der Waals surface area contributed by atoms with Gasteiger partial charge in [-0.1, -0.05) is 30.3 Å². The monoisotopic (exact) mass is 292 g/mol. The molecule has 2 aromatic rings. The number of hydrogen-bond donors (Lipinski definition) is 0. The van der Waals surface area contributed by atoms with Crippen LogP contribution in [0, 0.1) is 0 Å². The molecule has 0 atom stereocenters. The van der Waals surface area contributed by atoms with Crippen molar-refractivity contribution in [1.82, 2.24) is 9.80 Å². The van der Waals surface area contributed by atoms with Gasteiger partial charge in [0.05, 0.1) is 11.1 Å². The first-order chi connectivity index (χ1) is 10.6. The standard InChI is InChI=1S/C18H16N2O2/c1-19-17(21)15-7-6-12(8-16(15)18(19)22)9-20-10-13-4-2-3-5-14(13)11-20/h2-8H,9-11H2,1H3. The molecule has 4 heteroatoms. The van der Waals surface area contributed by atoms with Crippen LogP contribution < -0.4 is 0 Å². The third-order valence-electron chi connectivity index (χ3n) is 4.47. The molecule has 22 heavy (non-hydrogen) atoms. The SMILES string of the molecule is CN1C(=O)c2ccc(CN3Cc4ccccc4C3)cc2C1=O. The maximum Gasteiger partial charge on any atom is 0.261 e. The van der Waals surface area contributed by atoms with E-state index in [1.54, 1.807) is 6.07 Å². The molecule has 0 aliphatic carbocycles. The van der Waals surface area contributed by atoms with Crippen LogP contribution in [0.4, 0.5) is 0 Å². The van der Waals surface area contributed by atoms with Gasteiger partial charge >= 0.3 is 0 Å². The van der Waals surface area contributed by atoms with Gasteiger partial charge in [-0.05, 0) is 28.8 Å². The summed E-state index contributed by atoms with van der Waals surface area (Å²) in [6, 6.07) is 14.0. The lowest BCUT2D eigenvalue weighted by Crippen LogP contribution is -2.24. The summed E-state index contributed by atoms with van der Waals surface area (Å²) in [5, 5.41) is 0. The largest absolute Gasteiger partial charge is 0.291 e. The molecule has 4 rings (SSSR count). The fourth-order valence-electron chi connectivity index (χ4n) is 3.28. The van der Waals surface area contributed by atoms with Gasteiger partial charge < -0.3 is 0 Å². The normalized spacial score (nSPS) is 17.0. The maximum absolute atomic E-state index is 12.1. The summed E-state index contributed by atoms with van der Waals surface area (Å²) < 4.78 is 0. The number of carbonyl (C=O) groups is 2. The Labute approximate surface area is 129 Å². The summed E-state index contributed by atoms with van der Waals surface area (Å²) in [7, 11) is 1.53. The van der Waals surface area contributed by atoms with Crippen LogP contribution in [0.15, 0.2) is 42.5 Å². The molecule has 110 valence electrons. The van der Waals surface area contributed by atoms with E-state index < -0.39 is 0 Å². The second-order valence-electron chi connectivity index (χ2n) is 5.96. The molecule has 2 aliphatic heterocycles. The minimum Gasteiger partial charge on any atom is -0.291 e. The van der Waals surface area contributed by atoms with Crippen molar-refractivity contribution in [2.45, 2.75) is 19.6 Å². The van der Waals surface area contributed by atoms with Crippen molar-refractivity contribution in [3.63, 3.8) is 0 Å². The first kappa shape index (κ1) is 13.2. The van der Waals surface area contributed by atoms with Crippen LogP contribution in [0.1, 0.15) is 37.4 Å². The molecule has 0 aromatic heterocycles. The Kier molecular flexibility index (Phi) is 2.87. The molecule has 2 aromatic carbocycles. The number of hydrogen-bond acceptors (Lipinski definition) is 3. The van der Waals surface area contributed by atoms with Crippen LogP contribution in [0.25, 0.3) is 0 Å². The molecule has 0 spiro atoms. The van der Waals surface area contributed by atoms with Crippen molar-refractivity contribution < 1.29 is 9.59 Å². The van der Waals surface area contributed by atoms with Crippen LogP contribution in [0.5, 0.6) is 0 Å². The van der Waals surface area contributed by atoms with Gasteiger partial charge in [-0.15, -0.1) is 0 Å². The van der Waals surface area contributed by atoms with Gasteiger partial charge in [0.2, 0.25) is 0 Å². The van der Waals surface area contributed by atoms with Crippen molar-refractivity contribution in [3.05, 3.63) is 70.3 Å². The third kappa shape index (κ3) is 1.96. The van der Waals surface area contributed by atoms with E-state index >= 15 is 0 Å². The summed E-state index contributed by atoms with van der Waals surface area (Å²) in [6.07, 6.45) is 0. The second kappa shape index (κ2) is 4.78. The lowest BCUT2D eigenvalue weighted by molar-refractivity contribution is 0.0693. The molecule has 0 fully saturated rings. The molecule has 2 heterocycles. The van der Waals surface area contributed by atoms with E-state index in [4.69, 9.17) is 0 Å². The summed E-state index contributed by atoms with van der Waals surface area (Å²) in [5.41, 5.74) is 4.86. The highest BCUT2D eigenvalue weighted by molar-refractivity contribution is 6.21. The second-order valence-corrected chi connectivity index (χ2v) is 5.96. The maximum atomic E-state index is 12.1. The smallest absolute Gasteiger partial charge is 0.261 e. The minimum atomic E-state index is -0.208. The number of benzene rings is 2. The molecule has 0 bridgehead atoms. The van der Waals surface area contributed by atoms with Crippen LogP contribution in [-0.4, -0.2) is 28.7 Å². The molecule has 2 amide bonds. The van der Waals surface area contributed by atoms with Gasteiger partial charge in [0.1, 0.15) is 0 Å². The zero-order valence-corrected chi connectivity index (χ0v) is 12.4. The quantitative estimate of drug-likeness (QED) is 0.798. The van der Waals surface area contributed by atoms with Gasteiger partial charge in [-0.3, -0.25) is 19.4 Å². The Morgan fingerprint density at radius 1 is 0.909 bits per heavy atom. The fourth-order valence-corrected chi connectivity index (χ4v) is 3.28. The summed E-state index contributed by atoms with van der Waals surface area (Å²) in [6.45, 7) is 2.65. The number of rotatable bonds is 2. The number of nitrogens with zero attached hydrogens (tertiary/aromatic N) is 2. The molecule has 0 saturated heterocycles. The molecular weight excluding hydrogens is 276 g/mol. The fraction of sp³-hybridized carbons (Fsp3) is 0.222. The first-order valence-corrected chi connectivity index (χ1v) is 7.38. The van der Waals surface area contributed by atoms with Crippen LogP contribution in [0.3, 0.4) is 0 Å².